The molecule has 0 unspecified atom stereocenters. The smallest absolute Gasteiger partial charge is 0.192 e. The van der Waals surface area contributed by atoms with E-state index in [1.807, 2.05) is 0 Å². The highest BCUT2D eigenvalue weighted by atomic mass is 32.2. The van der Waals surface area contributed by atoms with Crippen LogP contribution in [0.15, 0.2) is 0 Å². The van der Waals surface area contributed by atoms with E-state index in [2.05, 4.69) is 27.7 Å². The third kappa shape index (κ3) is 10.8. The van der Waals surface area contributed by atoms with Gasteiger partial charge in [0.15, 0.2) is 13.4 Å². The van der Waals surface area contributed by atoms with Crippen LogP contribution >= 0.6 is 11.8 Å². The lowest BCUT2D eigenvalue weighted by molar-refractivity contribution is -0.111. The lowest BCUT2D eigenvalue weighted by atomic mass is 10.1. The summed E-state index contributed by atoms with van der Waals surface area (Å²) in [6, 6.07) is 3.73. The molecule has 0 aliphatic carbocycles. The van der Waals surface area contributed by atoms with Gasteiger partial charge in [-0.2, -0.15) is 0 Å². The molecule has 132 valence electrons. The van der Waals surface area contributed by atoms with Crippen LogP contribution in [-0.2, 0) is 9.22 Å². The summed E-state index contributed by atoms with van der Waals surface area (Å²) in [6.07, 6.45) is 9.14. The Kier molecular flexibility index (Phi) is 14.9. The van der Waals surface area contributed by atoms with Gasteiger partial charge in [-0.05, 0) is 31.0 Å². The minimum Gasteiger partial charge on any atom is -0.417 e. The quantitative estimate of drug-likeness (QED) is 0.253. The summed E-state index contributed by atoms with van der Waals surface area (Å²) < 4.78 is 6.29. The second kappa shape index (κ2) is 14.8. The van der Waals surface area contributed by atoms with Crippen LogP contribution in [0.2, 0.25) is 18.1 Å². The first-order valence-electron chi connectivity index (χ1n) is 9.43. The first kappa shape index (κ1) is 22.2. The largest absolute Gasteiger partial charge is 0.417 e. The van der Waals surface area contributed by atoms with Crippen LogP contribution in [0.4, 0.5) is 0 Å². The predicted octanol–water partition coefficient (Wildman–Crippen LogP) is 6.41. The molecule has 0 aromatic rings. The molecule has 0 aliphatic rings. The monoisotopic (exact) mass is 346 g/mol. The van der Waals surface area contributed by atoms with Crippen LogP contribution in [0.25, 0.3) is 0 Å². The predicted molar refractivity (Wildman–Crippen MR) is 103 cm³/mol. The van der Waals surface area contributed by atoms with Crippen molar-refractivity contribution in [2.75, 3.05) is 12.4 Å². The molecule has 0 aromatic carbocycles. The average molecular weight is 347 g/mol. The van der Waals surface area contributed by atoms with Crippen molar-refractivity contribution in [2.24, 2.45) is 0 Å². The van der Waals surface area contributed by atoms with E-state index in [-0.39, 0.29) is 0 Å². The molecule has 2 nitrogen and oxygen atoms in total. The zero-order valence-corrected chi connectivity index (χ0v) is 17.2. The van der Waals surface area contributed by atoms with Crippen molar-refractivity contribution in [3.8, 4) is 0 Å². The van der Waals surface area contributed by atoms with Gasteiger partial charge in [-0.3, -0.25) is 4.79 Å². The van der Waals surface area contributed by atoms with E-state index in [1.165, 1.54) is 62.0 Å². The van der Waals surface area contributed by atoms with Crippen LogP contribution in [0, 0.1) is 0 Å². The molecule has 22 heavy (non-hydrogen) atoms. The zero-order valence-electron chi connectivity index (χ0n) is 15.4. The van der Waals surface area contributed by atoms with Crippen LogP contribution in [-0.4, -0.2) is 25.8 Å². The van der Waals surface area contributed by atoms with Gasteiger partial charge in [0, 0.05) is 18.8 Å². The number of hydrogen-bond acceptors (Lipinski definition) is 3. The first-order chi connectivity index (χ1) is 10.6. The Morgan fingerprint density at radius 3 is 2.18 bits per heavy atom. The SMILES string of the molecule is CCCCCCCC(=O)SCCCO[Si](CC)(CC)CCC. The van der Waals surface area contributed by atoms with Crippen LogP contribution < -0.4 is 0 Å². The Labute approximate surface area is 144 Å². The van der Waals surface area contributed by atoms with E-state index in [0.29, 0.717) is 5.12 Å². The van der Waals surface area contributed by atoms with E-state index in [9.17, 15) is 4.79 Å². The van der Waals surface area contributed by atoms with E-state index in [1.54, 1.807) is 0 Å². The molecule has 0 rings (SSSR count). The Morgan fingerprint density at radius 1 is 0.909 bits per heavy atom. The fourth-order valence-electron chi connectivity index (χ4n) is 2.81. The Bertz CT molecular complexity index is 268. The van der Waals surface area contributed by atoms with Crippen molar-refractivity contribution in [3.05, 3.63) is 0 Å². The molecule has 0 saturated heterocycles. The van der Waals surface area contributed by atoms with E-state index >= 15 is 0 Å². The number of carbonyl (C=O) groups is 1. The summed E-state index contributed by atoms with van der Waals surface area (Å²) in [4.78, 5) is 11.8. The number of hydrogen-bond donors (Lipinski definition) is 0. The van der Waals surface area contributed by atoms with Crippen molar-refractivity contribution < 1.29 is 9.22 Å². The molecule has 0 bridgehead atoms. The highest BCUT2D eigenvalue weighted by molar-refractivity contribution is 8.13. The van der Waals surface area contributed by atoms with Gasteiger partial charge < -0.3 is 4.43 Å². The summed E-state index contributed by atoms with van der Waals surface area (Å²) in [6.45, 7) is 9.89. The second-order valence-corrected chi connectivity index (χ2v) is 11.9. The summed E-state index contributed by atoms with van der Waals surface area (Å²) in [5, 5.41) is 0.375. The summed E-state index contributed by atoms with van der Waals surface area (Å²) in [5.74, 6) is 0.928. The number of carbonyl (C=O) groups excluding carboxylic acids is 1. The van der Waals surface area contributed by atoms with Gasteiger partial charge in [-0.1, -0.05) is 71.6 Å². The zero-order chi connectivity index (χ0) is 16.7. The van der Waals surface area contributed by atoms with Gasteiger partial charge in [0.2, 0.25) is 0 Å². The molecule has 0 saturated carbocycles. The van der Waals surface area contributed by atoms with Crippen LogP contribution in [0.3, 0.4) is 0 Å². The van der Waals surface area contributed by atoms with E-state index < -0.39 is 8.32 Å². The maximum Gasteiger partial charge on any atom is 0.192 e. The lowest BCUT2D eigenvalue weighted by Gasteiger charge is -2.29. The minimum atomic E-state index is -1.45. The highest BCUT2D eigenvalue weighted by Gasteiger charge is 2.29. The van der Waals surface area contributed by atoms with Crippen molar-refractivity contribution in [2.45, 2.75) is 97.2 Å². The third-order valence-corrected chi connectivity index (χ3v) is 10.3. The summed E-state index contributed by atoms with van der Waals surface area (Å²) >= 11 is 1.52. The maximum atomic E-state index is 11.8. The van der Waals surface area contributed by atoms with Gasteiger partial charge in [-0.25, -0.2) is 0 Å². The molecule has 4 heteroatoms. The molecule has 0 aliphatic heterocycles. The summed E-state index contributed by atoms with van der Waals surface area (Å²) in [5.41, 5.74) is 0. The van der Waals surface area contributed by atoms with E-state index in [0.717, 1.165) is 31.6 Å². The molecular weight excluding hydrogens is 308 g/mol. The third-order valence-electron chi connectivity index (χ3n) is 4.44. The van der Waals surface area contributed by atoms with Gasteiger partial charge >= 0.3 is 0 Å². The van der Waals surface area contributed by atoms with Gasteiger partial charge in [0.05, 0.1) is 0 Å². The normalized spacial score (nSPS) is 11.8. The fraction of sp³-hybridized carbons (Fsp3) is 0.944. The van der Waals surface area contributed by atoms with Gasteiger partial charge in [-0.15, -0.1) is 0 Å². The molecule has 0 heterocycles. The Hall–Kier alpha value is 0.197. The summed E-state index contributed by atoms with van der Waals surface area (Å²) in [7, 11) is -1.45. The number of unbranched alkanes of at least 4 members (excludes halogenated alkanes) is 4. The molecule has 0 radical (unpaired) electrons. The molecule has 0 spiro atoms. The molecule has 0 fully saturated rings. The van der Waals surface area contributed by atoms with Gasteiger partial charge in [0.1, 0.15) is 0 Å². The lowest BCUT2D eigenvalue weighted by Crippen LogP contribution is -2.36. The second-order valence-electron chi connectivity index (χ2n) is 6.23. The molecule has 0 amide bonds. The standard InChI is InChI=1S/C18H38O2SSi/c1-5-9-10-11-12-14-18(19)21-16-13-15-20-22(7-3,8-4)17-6-2/h5-17H2,1-4H3. The molecule has 0 aromatic heterocycles. The van der Waals surface area contributed by atoms with Crippen molar-refractivity contribution in [1.82, 2.24) is 0 Å². The molecule has 0 N–H and O–H groups in total. The van der Waals surface area contributed by atoms with Crippen LogP contribution in [0.5, 0.6) is 0 Å². The van der Waals surface area contributed by atoms with Crippen molar-refractivity contribution >= 4 is 25.2 Å². The van der Waals surface area contributed by atoms with E-state index in [4.69, 9.17) is 4.43 Å². The maximum absolute atomic E-state index is 11.8. The molecular formula is C18H38O2SSi. The Morgan fingerprint density at radius 2 is 1.59 bits per heavy atom. The minimum absolute atomic E-state index is 0.375. The first-order valence-corrected chi connectivity index (χ1v) is 12.9. The fourth-order valence-corrected chi connectivity index (χ4v) is 6.84. The van der Waals surface area contributed by atoms with Crippen molar-refractivity contribution in [1.29, 1.82) is 0 Å². The number of rotatable bonds is 15. The highest BCUT2D eigenvalue weighted by Crippen LogP contribution is 2.24. The molecule has 0 atom stereocenters. The van der Waals surface area contributed by atoms with Crippen molar-refractivity contribution in [3.63, 3.8) is 0 Å². The topological polar surface area (TPSA) is 26.3 Å². The van der Waals surface area contributed by atoms with Crippen LogP contribution in [0.1, 0.15) is 79.1 Å². The van der Waals surface area contributed by atoms with Gasteiger partial charge in [0.25, 0.3) is 0 Å². The number of thioether (sulfide) groups is 1. The average Bonchev–Trinajstić information content (AvgIpc) is 2.53. The Balaban J connectivity index is 3.64.